The van der Waals surface area contributed by atoms with Gasteiger partial charge in [0.1, 0.15) is 23.5 Å². The summed E-state index contributed by atoms with van der Waals surface area (Å²) in [6.07, 6.45) is 7.33. The number of aromatic nitrogens is 1. The Kier molecular flexibility index (Phi) is 5.17. The molecule has 1 heterocycles. The van der Waals surface area contributed by atoms with Crippen molar-refractivity contribution in [3.63, 3.8) is 0 Å². The van der Waals surface area contributed by atoms with E-state index in [0.29, 0.717) is 16.9 Å². The van der Waals surface area contributed by atoms with Crippen LogP contribution in [0, 0.1) is 22.7 Å². The van der Waals surface area contributed by atoms with E-state index >= 15 is 0 Å². The normalized spacial score (nSPS) is 13.7. The van der Waals surface area contributed by atoms with Crippen LogP contribution in [-0.4, -0.2) is 18.6 Å². The summed E-state index contributed by atoms with van der Waals surface area (Å²) in [6.45, 7) is 3.01. The fourth-order valence-corrected chi connectivity index (χ4v) is 2.91. The molecule has 0 bridgehead atoms. The number of anilines is 1. The molecule has 1 aliphatic rings. The highest BCUT2D eigenvalue weighted by Gasteiger charge is 2.22. The number of unbranched alkanes of at least 4 members (excludes halogenated alkanes) is 1. The molecule has 0 amide bonds. The maximum Gasteiger partial charge on any atom is 0.147 e. The van der Waals surface area contributed by atoms with Gasteiger partial charge in [-0.3, -0.25) is 0 Å². The number of rotatable bonds is 4. The lowest BCUT2D eigenvalue weighted by molar-refractivity contribution is 0.707. The smallest absolute Gasteiger partial charge is 0.147 e. The lowest BCUT2D eigenvalue weighted by Gasteiger charge is -2.22. The van der Waals surface area contributed by atoms with E-state index in [1.54, 1.807) is 0 Å². The van der Waals surface area contributed by atoms with Crippen molar-refractivity contribution in [3.8, 4) is 12.1 Å². The van der Waals surface area contributed by atoms with E-state index in [1.165, 1.54) is 6.42 Å². The first-order valence-electron chi connectivity index (χ1n) is 7.80. The van der Waals surface area contributed by atoms with Crippen LogP contribution in [0.2, 0.25) is 0 Å². The molecule has 0 unspecified atom stereocenters. The molecular formula is C17H22N4. The molecular weight excluding hydrogens is 260 g/mol. The molecule has 1 aliphatic carbocycles. The Balaban J connectivity index is 2.53. The Labute approximate surface area is 127 Å². The summed E-state index contributed by atoms with van der Waals surface area (Å²) >= 11 is 0. The molecule has 1 aromatic rings. The van der Waals surface area contributed by atoms with E-state index in [-0.39, 0.29) is 0 Å². The Bertz CT molecular complexity index is 592. The molecule has 0 fully saturated rings. The van der Waals surface area contributed by atoms with Crippen molar-refractivity contribution >= 4 is 5.82 Å². The molecule has 2 rings (SSSR count). The van der Waals surface area contributed by atoms with E-state index in [1.807, 2.05) is 11.9 Å². The van der Waals surface area contributed by atoms with E-state index in [9.17, 15) is 10.5 Å². The first kappa shape index (κ1) is 15.3. The van der Waals surface area contributed by atoms with Crippen molar-refractivity contribution in [2.75, 3.05) is 18.5 Å². The molecule has 0 aliphatic heterocycles. The molecule has 0 aromatic carbocycles. The third-order valence-electron chi connectivity index (χ3n) is 4.14. The molecule has 0 N–H and O–H groups in total. The largest absolute Gasteiger partial charge is 0.359 e. The van der Waals surface area contributed by atoms with Gasteiger partial charge in [-0.1, -0.05) is 19.8 Å². The standard InChI is InChI=1S/C17H22N4/c1-3-4-10-21(2)17-15(12-19)14(11-18)13-8-6-5-7-9-16(13)20-17/h3-10H2,1-2H3. The maximum atomic E-state index is 9.53. The first-order chi connectivity index (χ1) is 10.2. The summed E-state index contributed by atoms with van der Waals surface area (Å²) in [6, 6.07) is 4.48. The van der Waals surface area contributed by atoms with Crippen LogP contribution in [0.25, 0.3) is 0 Å². The van der Waals surface area contributed by atoms with Crippen LogP contribution in [-0.2, 0) is 12.8 Å². The summed E-state index contributed by atoms with van der Waals surface area (Å²) in [7, 11) is 1.96. The summed E-state index contributed by atoms with van der Waals surface area (Å²) in [5.41, 5.74) is 3.06. The van der Waals surface area contributed by atoms with E-state index < -0.39 is 0 Å². The van der Waals surface area contributed by atoms with E-state index in [4.69, 9.17) is 4.98 Å². The van der Waals surface area contributed by atoms with Crippen molar-refractivity contribution in [1.82, 2.24) is 4.98 Å². The Hall–Kier alpha value is -2.07. The SMILES string of the molecule is CCCCN(C)c1nc2c(c(C#N)c1C#N)CCCCC2. The number of pyridine rings is 1. The molecule has 0 atom stereocenters. The average Bonchev–Trinajstić information content (AvgIpc) is 2.75. The molecule has 110 valence electrons. The minimum absolute atomic E-state index is 0.455. The predicted molar refractivity (Wildman–Crippen MR) is 83.1 cm³/mol. The molecule has 0 radical (unpaired) electrons. The van der Waals surface area contributed by atoms with Crippen LogP contribution in [0.3, 0.4) is 0 Å². The van der Waals surface area contributed by atoms with Gasteiger partial charge in [0.05, 0.1) is 5.56 Å². The van der Waals surface area contributed by atoms with Gasteiger partial charge in [0.25, 0.3) is 0 Å². The van der Waals surface area contributed by atoms with Crippen molar-refractivity contribution in [2.45, 2.75) is 51.9 Å². The van der Waals surface area contributed by atoms with Gasteiger partial charge in [0.2, 0.25) is 0 Å². The quantitative estimate of drug-likeness (QED) is 0.795. The fraction of sp³-hybridized carbons (Fsp3) is 0.588. The van der Waals surface area contributed by atoms with Crippen molar-refractivity contribution in [1.29, 1.82) is 10.5 Å². The third-order valence-corrected chi connectivity index (χ3v) is 4.14. The highest BCUT2D eigenvalue weighted by Crippen LogP contribution is 2.29. The van der Waals surface area contributed by atoms with Crippen LogP contribution in [0.1, 0.15) is 61.4 Å². The average molecular weight is 282 g/mol. The summed E-state index contributed by atoms with van der Waals surface area (Å²) in [4.78, 5) is 6.78. The second-order valence-corrected chi connectivity index (χ2v) is 5.67. The summed E-state index contributed by atoms with van der Waals surface area (Å²) in [5, 5.41) is 19.0. The van der Waals surface area contributed by atoms with E-state index in [0.717, 1.165) is 56.3 Å². The second kappa shape index (κ2) is 7.09. The van der Waals surface area contributed by atoms with Gasteiger partial charge in [0, 0.05) is 19.3 Å². The van der Waals surface area contributed by atoms with Crippen LogP contribution in [0.15, 0.2) is 0 Å². The Morgan fingerprint density at radius 2 is 1.81 bits per heavy atom. The number of hydrogen-bond acceptors (Lipinski definition) is 4. The van der Waals surface area contributed by atoms with Gasteiger partial charge < -0.3 is 4.90 Å². The zero-order chi connectivity index (χ0) is 15.2. The topological polar surface area (TPSA) is 63.7 Å². The zero-order valence-corrected chi connectivity index (χ0v) is 12.9. The predicted octanol–water partition coefficient (Wildman–Crippen LogP) is 3.33. The van der Waals surface area contributed by atoms with Gasteiger partial charge in [-0.15, -0.1) is 0 Å². The summed E-state index contributed by atoms with van der Waals surface area (Å²) < 4.78 is 0. The maximum absolute atomic E-state index is 9.53. The van der Waals surface area contributed by atoms with Gasteiger partial charge in [-0.2, -0.15) is 10.5 Å². The second-order valence-electron chi connectivity index (χ2n) is 5.67. The monoisotopic (exact) mass is 282 g/mol. The van der Waals surface area contributed by atoms with Crippen LogP contribution in [0.5, 0.6) is 0 Å². The Morgan fingerprint density at radius 1 is 1.10 bits per heavy atom. The minimum Gasteiger partial charge on any atom is -0.359 e. The van der Waals surface area contributed by atoms with Crippen LogP contribution in [0.4, 0.5) is 5.82 Å². The number of nitriles is 2. The Morgan fingerprint density at radius 3 is 2.48 bits per heavy atom. The third kappa shape index (κ3) is 3.16. The lowest BCUT2D eigenvalue weighted by atomic mass is 9.98. The molecule has 1 aromatic heterocycles. The molecule has 4 heteroatoms. The van der Waals surface area contributed by atoms with Crippen molar-refractivity contribution in [3.05, 3.63) is 22.4 Å². The van der Waals surface area contributed by atoms with Gasteiger partial charge in [-0.25, -0.2) is 4.98 Å². The lowest BCUT2D eigenvalue weighted by Crippen LogP contribution is -2.22. The molecule has 0 saturated carbocycles. The highest BCUT2D eigenvalue weighted by molar-refractivity contribution is 5.64. The molecule has 4 nitrogen and oxygen atoms in total. The number of fused-ring (bicyclic) bond motifs is 1. The van der Waals surface area contributed by atoms with Gasteiger partial charge >= 0.3 is 0 Å². The highest BCUT2D eigenvalue weighted by atomic mass is 15.2. The molecule has 0 saturated heterocycles. The first-order valence-corrected chi connectivity index (χ1v) is 7.80. The fourth-order valence-electron chi connectivity index (χ4n) is 2.91. The number of aryl methyl sites for hydroxylation is 1. The minimum atomic E-state index is 0.455. The van der Waals surface area contributed by atoms with Gasteiger partial charge in [0.15, 0.2) is 0 Å². The molecule has 0 spiro atoms. The molecule has 21 heavy (non-hydrogen) atoms. The van der Waals surface area contributed by atoms with Crippen LogP contribution < -0.4 is 4.90 Å². The van der Waals surface area contributed by atoms with E-state index in [2.05, 4.69) is 19.1 Å². The zero-order valence-electron chi connectivity index (χ0n) is 12.9. The summed E-state index contributed by atoms with van der Waals surface area (Å²) in [5.74, 6) is 0.683. The number of hydrogen-bond donors (Lipinski definition) is 0. The van der Waals surface area contributed by atoms with Gasteiger partial charge in [-0.05, 0) is 37.7 Å². The van der Waals surface area contributed by atoms with Crippen molar-refractivity contribution < 1.29 is 0 Å². The number of nitrogens with zero attached hydrogens (tertiary/aromatic N) is 4. The van der Waals surface area contributed by atoms with Crippen molar-refractivity contribution in [2.24, 2.45) is 0 Å². The van der Waals surface area contributed by atoms with Crippen LogP contribution >= 0.6 is 0 Å².